The minimum atomic E-state index is 0.688. The Morgan fingerprint density at radius 3 is 2.61 bits per heavy atom. The zero-order valence-corrected chi connectivity index (χ0v) is 11.3. The van der Waals surface area contributed by atoms with Crippen LogP contribution in [0.25, 0.3) is 0 Å². The molecule has 0 unspecified atom stereocenters. The van der Waals surface area contributed by atoms with E-state index in [0.717, 1.165) is 23.9 Å². The largest absolute Gasteiger partial charge is 0.376 e. The molecule has 1 saturated carbocycles. The Morgan fingerprint density at radius 2 is 2.00 bits per heavy atom. The molecule has 0 saturated heterocycles. The van der Waals surface area contributed by atoms with Gasteiger partial charge in [-0.3, -0.25) is 0 Å². The monoisotopic (exact) mass is 248 g/mol. The van der Waals surface area contributed by atoms with Gasteiger partial charge < -0.3 is 10.1 Å². The van der Waals surface area contributed by atoms with Gasteiger partial charge in [-0.2, -0.15) is 0 Å². The van der Waals surface area contributed by atoms with Crippen LogP contribution in [-0.4, -0.2) is 18.6 Å². The van der Waals surface area contributed by atoms with E-state index in [1.54, 1.807) is 0 Å². The average molecular weight is 248 g/mol. The van der Waals surface area contributed by atoms with E-state index in [1.165, 1.54) is 38.5 Å². The lowest BCUT2D eigenvalue weighted by atomic mass is 10.0. The third-order valence-electron chi connectivity index (χ3n) is 3.68. The van der Waals surface area contributed by atoms with E-state index in [2.05, 4.69) is 16.4 Å². The number of rotatable bonds is 5. The number of hydrogen-bond acceptors (Lipinski definition) is 3. The number of hydrogen-bond donors (Lipinski definition) is 1. The average Bonchev–Trinajstić information content (AvgIpc) is 2.68. The van der Waals surface area contributed by atoms with Gasteiger partial charge in [0.1, 0.15) is 5.82 Å². The van der Waals surface area contributed by atoms with Crippen LogP contribution in [0.3, 0.4) is 0 Å². The maximum absolute atomic E-state index is 5.83. The summed E-state index contributed by atoms with van der Waals surface area (Å²) < 4.78 is 5.83. The molecule has 100 valence electrons. The second-order valence-corrected chi connectivity index (χ2v) is 5.17. The van der Waals surface area contributed by atoms with Crippen LogP contribution in [0.2, 0.25) is 0 Å². The van der Waals surface area contributed by atoms with Crippen LogP contribution in [0.5, 0.6) is 0 Å². The topological polar surface area (TPSA) is 34.1 Å². The van der Waals surface area contributed by atoms with E-state index < -0.39 is 0 Å². The van der Waals surface area contributed by atoms with Crippen molar-refractivity contribution >= 4 is 5.82 Å². The molecule has 0 amide bonds. The Hall–Kier alpha value is -1.09. The number of aromatic nitrogens is 1. The van der Waals surface area contributed by atoms with Gasteiger partial charge in [0.15, 0.2) is 0 Å². The van der Waals surface area contributed by atoms with Crippen molar-refractivity contribution < 1.29 is 4.74 Å². The van der Waals surface area contributed by atoms with Crippen molar-refractivity contribution in [3.05, 3.63) is 23.9 Å². The highest BCUT2D eigenvalue weighted by molar-refractivity contribution is 5.34. The van der Waals surface area contributed by atoms with Crippen LogP contribution in [0.4, 0.5) is 5.82 Å². The van der Waals surface area contributed by atoms with Crippen molar-refractivity contribution in [2.45, 2.75) is 45.1 Å². The molecule has 1 fully saturated rings. The smallest absolute Gasteiger partial charge is 0.125 e. The van der Waals surface area contributed by atoms with Gasteiger partial charge in [0, 0.05) is 19.9 Å². The predicted molar refractivity (Wildman–Crippen MR) is 74.6 cm³/mol. The Labute approximate surface area is 110 Å². The molecule has 0 aromatic carbocycles. The Morgan fingerprint density at radius 1 is 1.22 bits per heavy atom. The Kier molecular flexibility index (Phi) is 5.46. The summed E-state index contributed by atoms with van der Waals surface area (Å²) in [6.45, 7) is 1.60. The molecule has 0 radical (unpaired) electrons. The number of ether oxygens (including phenoxy) is 1. The lowest BCUT2D eigenvalue weighted by Crippen LogP contribution is -2.08. The Balaban J connectivity index is 1.70. The van der Waals surface area contributed by atoms with E-state index in [4.69, 9.17) is 4.74 Å². The van der Waals surface area contributed by atoms with Crippen molar-refractivity contribution in [2.75, 3.05) is 19.0 Å². The quantitative estimate of drug-likeness (QED) is 0.808. The van der Waals surface area contributed by atoms with Crippen LogP contribution in [-0.2, 0) is 11.3 Å². The Bertz CT molecular complexity index is 329. The van der Waals surface area contributed by atoms with Crippen LogP contribution in [0, 0.1) is 5.92 Å². The summed E-state index contributed by atoms with van der Waals surface area (Å²) in [7, 11) is 1.88. The van der Waals surface area contributed by atoms with E-state index in [1.807, 2.05) is 19.3 Å². The predicted octanol–water partition coefficient (Wildman–Crippen LogP) is 3.61. The molecule has 0 aliphatic heterocycles. The van der Waals surface area contributed by atoms with Gasteiger partial charge in [-0.25, -0.2) is 4.98 Å². The summed E-state index contributed by atoms with van der Waals surface area (Å²) >= 11 is 0. The molecule has 1 N–H and O–H groups in total. The molecular formula is C15H24N2O. The van der Waals surface area contributed by atoms with Gasteiger partial charge in [0.25, 0.3) is 0 Å². The van der Waals surface area contributed by atoms with Crippen molar-refractivity contribution in [1.82, 2.24) is 4.98 Å². The zero-order chi connectivity index (χ0) is 12.6. The molecule has 1 aromatic heterocycles. The first kappa shape index (κ1) is 13.3. The van der Waals surface area contributed by atoms with E-state index in [0.29, 0.717) is 6.61 Å². The summed E-state index contributed by atoms with van der Waals surface area (Å²) in [5, 5.41) is 3.02. The molecule has 0 spiro atoms. The first-order chi connectivity index (χ1) is 8.88. The summed E-state index contributed by atoms with van der Waals surface area (Å²) in [6.07, 6.45) is 10.2. The minimum absolute atomic E-state index is 0.688. The maximum atomic E-state index is 5.83. The zero-order valence-electron chi connectivity index (χ0n) is 11.3. The SMILES string of the molecule is CNc1ccc(COCC2CCCCCC2)cn1. The van der Waals surface area contributed by atoms with Crippen molar-refractivity contribution in [3.63, 3.8) is 0 Å². The third kappa shape index (κ3) is 4.30. The lowest BCUT2D eigenvalue weighted by Gasteiger charge is -2.14. The van der Waals surface area contributed by atoms with Gasteiger partial charge in [0.05, 0.1) is 6.61 Å². The van der Waals surface area contributed by atoms with Crippen LogP contribution < -0.4 is 5.32 Å². The minimum Gasteiger partial charge on any atom is -0.376 e. The van der Waals surface area contributed by atoms with Gasteiger partial charge in [-0.15, -0.1) is 0 Å². The van der Waals surface area contributed by atoms with Crippen molar-refractivity contribution in [1.29, 1.82) is 0 Å². The number of nitrogens with one attached hydrogen (secondary N) is 1. The highest BCUT2D eigenvalue weighted by Crippen LogP contribution is 2.23. The molecule has 0 bridgehead atoms. The molecular weight excluding hydrogens is 224 g/mol. The molecule has 1 aliphatic rings. The fourth-order valence-corrected chi connectivity index (χ4v) is 2.53. The van der Waals surface area contributed by atoms with Gasteiger partial charge in [0.2, 0.25) is 0 Å². The third-order valence-corrected chi connectivity index (χ3v) is 3.68. The molecule has 0 atom stereocenters. The van der Waals surface area contributed by atoms with Gasteiger partial charge in [-0.05, 0) is 30.4 Å². The fourth-order valence-electron chi connectivity index (χ4n) is 2.53. The van der Waals surface area contributed by atoms with Crippen LogP contribution in [0.1, 0.15) is 44.1 Å². The molecule has 2 rings (SSSR count). The second-order valence-electron chi connectivity index (χ2n) is 5.17. The number of pyridine rings is 1. The summed E-state index contributed by atoms with van der Waals surface area (Å²) in [6, 6.07) is 4.07. The molecule has 1 heterocycles. The molecule has 1 aromatic rings. The fraction of sp³-hybridized carbons (Fsp3) is 0.667. The first-order valence-corrected chi connectivity index (χ1v) is 7.09. The van der Waals surface area contributed by atoms with E-state index in [9.17, 15) is 0 Å². The van der Waals surface area contributed by atoms with Gasteiger partial charge in [-0.1, -0.05) is 31.7 Å². The summed E-state index contributed by atoms with van der Waals surface area (Å²) in [5.41, 5.74) is 1.16. The van der Waals surface area contributed by atoms with Crippen LogP contribution >= 0.6 is 0 Å². The van der Waals surface area contributed by atoms with E-state index >= 15 is 0 Å². The highest BCUT2D eigenvalue weighted by atomic mass is 16.5. The second kappa shape index (κ2) is 7.37. The molecule has 18 heavy (non-hydrogen) atoms. The van der Waals surface area contributed by atoms with Crippen molar-refractivity contribution in [3.8, 4) is 0 Å². The van der Waals surface area contributed by atoms with Crippen LogP contribution in [0.15, 0.2) is 18.3 Å². The normalized spacial score (nSPS) is 17.4. The molecule has 1 aliphatic carbocycles. The first-order valence-electron chi connectivity index (χ1n) is 7.09. The maximum Gasteiger partial charge on any atom is 0.125 e. The molecule has 3 nitrogen and oxygen atoms in total. The number of anilines is 1. The summed E-state index contributed by atoms with van der Waals surface area (Å²) in [4.78, 5) is 4.29. The van der Waals surface area contributed by atoms with Crippen molar-refractivity contribution in [2.24, 2.45) is 5.92 Å². The molecule has 3 heteroatoms. The lowest BCUT2D eigenvalue weighted by molar-refractivity contribution is 0.0817. The van der Waals surface area contributed by atoms with Gasteiger partial charge >= 0.3 is 0 Å². The highest BCUT2D eigenvalue weighted by Gasteiger charge is 2.12. The van der Waals surface area contributed by atoms with E-state index in [-0.39, 0.29) is 0 Å². The summed E-state index contributed by atoms with van der Waals surface area (Å²) in [5.74, 6) is 1.68. The standard InChI is InChI=1S/C15H24N2O/c1-16-15-9-8-14(10-17-15)12-18-11-13-6-4-2-3-5-7-13/h8-10,13H,2-7,11-12H2,1H3,(H,16,17). The number of nitrogens with zero attached hydrogens (tertiary/aromatic N) is 1.